The molecule has 0 amide bonds. The van der Waals surface area contributed by atoms with E-state index in [2.05, 4.69) is 20.3 Å². The fraction of sp³-hybridized carbons (Fsp3) is 0.167. The van der Waals surface area contributed by atoms with Gasteiger partial charge >= 0.3 is 0 Å². The molecular weight excluding hydrogens is 266 g/mol. The average Bonchev–Trinajstić information content (AvgIpc) is 2.82. The van der Waals surface area contributed by atoms with Crippen molar-refractivity contribution in [2.45, 2.75) is 6.54 Å². The molecule has 0 radical (unpaired) electrons. The summed E-state index contributed by atoms with van der Waals surface area (Å²) in [6.45, 7) is 0.563. The van der Waals surface area contributed by atoms with Gasteiger partial charge in [-0.3, -0.25) is 0 Å². The first kappa shape index (κ1) is 11.9. The minimum atomic E-state index is 0.186. The maximum Gasteiger partial charge on any atom is 0.224 e. The third kappa shape index (κ3) is 2.34. The summed E-state index contributed by atoms with van der Waals surface area (Å²) in [6.07, 6.45) is 1.56. The van der Waals surface area contributed by atoms with Crippen molar-refractivity contribution in [3.63, 3.8) is 0 Å². The van der Waals surface area contributed by atoms with Gasteiger partial charge in [-0.2, -0.15) is 4.98 Å². The van der Waals surface area contributed by atoms with Gasteiger partial charge in [0.2, 0.25) is 5.28 Å². The highest BCUT2D eigenvalue weighted by molar-refractivity contribution is 6.28. The lowest BCUT2D eigenvalue weighted by atomic mass is 10.2. The normalized spacial score (nSPS) is 10.8. The van der Waals surface area contributed by atoms with E-state index in [1.54, 1.807) is 18.0 Å². The highest BCUT2D eigenvalue weighted by Gasteiger charge is 2.08. The summed E-state index contributed by atoms with van der Waals surface area (Å²) in [4.78, 5) is 8.01. The minimum absolute atomic E-state index is 0.186. The largest absolute Gasteiger partial charge is 0.497 e. The molecule has 0 saturated heterocycles. The van der Waals surface area contributed by atoms with Crippen molar-refractivity contribution in [2.24, 2.45) is 0 Å². The Kier molecular flexibility index (Phi) is 3.00. The molecule has 96 valence electrons. The van der Waals surface area contributed by atoms with Crippen LogP contribution in [-0.4, -0.2) is 32.1 Å². The van der Waals surface area contributed by atoms with E-state index < -0.39 is 0 Å². The van der Waals surface area contributed by atoms with Gasteiger partial charge in [-0.25, -0.2) is 9.67 Å². The molecule has 1 aromatic carbocycles. The second kappa shape index (κ2) is 4.81. The Labute approximate surface area is 114 Å². The molecule has 0 aliphatic heterocycles. The molecule has 3 rings (SSSR count). The molecule has 3 aromatic rings. The first-order chi connectivity index (χ1) is 9.26. The number of fused-ring (bicyclic) bond motifs is 1. The third-order valence-electron chi connectivity index (χ3n) is 2.72. The van der Waals surface area contributed by atoms with Crippen molar-refractivity contribution in [1.29, 1.82) is 0 Å². The molecule has 0 atom stereocenters. The van der Waals surface area contributed by atoms with Gasteiger partial charge in [0, 0.05) is 0 Å². The van der Waals surface area contributed by atoms with E-state index in [9.17, 15) is 0 Å². The zero-order valence-electron chi connectivity index (χ0n) is 10.1. The van der Waals surface area contributed by atoms with Gasteiger partial charge in [0.1, 0.15) is 5.75 Å². The molecule has 7 heteroatoms. The molecular formula is C12H10ClN5O. The smallest absolute Gasteiger partial charge is 0.224 e. The molecule has 2 heterocycles. The van der Waals surface area contributed by atoms with Crippen LogP contribution in [0.15, 0.2) is 30.5 Å². The Balaban J connectivity index is 1.93. The van der Waals surface area contributed by atoms with Crippen LogP contribution in [0.1, 0.15) is 5.56 Å². The van der Waals surface area contributed by atoms with Crippen molar-refractivity contribution < 1.29 is 4.74 Å². The molecule has 0 unspecified atom stereocenters. The van der Waals surface area contributed by atoms with E-state index in [1.807, 2.05) is 24.3 Å². The van der Waals surface area contributed by atoms with E-state index >= 15 is 0 Å². The van der Waals surface area contributed by atoms with Crippen LogP contribution in [0.2, 0.25) is 5.28 Å². The molecule has 0 N–H and O–H groups in total. The van der Waals surface area contributed by atoms with Crippen molar-refractivity contribution in [3.05, 3.63) is 41.3 Å². The fourth-order valence-electron chi connectivity index (χ4n) is 1.76. The fourth-order valence-corrected chi connectivity index (χ4v) is 1.89. The summed E-state index contributed by atoms with van der Waals surface area (Å²) in [7, 11) is 1.64. The molecule has 0 aliphatic rings. The van der Waals surface area contributed by atoms with Gasteiger partial charge in [-0.15, -0.1) is 5.10 Å². The third-order valence-corrected chi connectivity index (χ3v) is 2.90. The molecule has 0 aliphatic carbocycles. The summed E-state index contributed by atoms with van der Waals surface area (Å²) >= 11 is 5.78. The highest BCUT2D eigenvalue weighted by atomic mass is 35.5. The minimum Gasteiger partial charge on any atom is -0.497 e. The molecule has 6 nitrogen and oxygen atoms in total. The lowest BCUT2D eigenvalue weighted by Crippen LogP contribution is -2.03. The number of hydrogen-bond acceptors (Lipinski definition) is 5. The van der Waals surface area contributed by atoms with Crippen LogP contribution in [0, 0.1) is 0 Å². The van der Waals surface area contributed by atoms with Gasteiger partial charge in [0.15, 0.2) is 11.2 Å². The van der Waals surface area contributed by atoms with Crippen LogP contribution in [0.25, 0.3) is 11.2 Å². The summed E-state index contributed by atoms with van der Waals surface area (Å²) in [5.41, 5.74) is 2.32. The molecule has 2 aromatic heterocycles. The zero-order valence-corrected chi connectivity index (χ0v) is 10.9. The lowest BCUT2D eigenvalue weighted by Gasteiger charge is -2.03. The van der Waals surface area contributed by atoms with Gasteiger partial charge in [0.25, 0.3) is 0 Å². The van der Waals surface area contributed by atoms with Gasteiger partial charge in [-0.05, 0) is 29.3 Å². The van der Waals surface area contributed by atoms with Crippen molar-refractivity contribution in [1.82, 2.24) is 25.0 Å². The van der Waals surface area contributed by atoms with Crippen LogP contribution in [0.3, 0.4) is 0 Å². The first-order valence-corrected chi connectivity index (χ1v) is 5.99. The Morgan fingerprint density at radius 3 is 2.79 bits per heavy atom. The number of nitrogens with zero attached hydrogens (tertiary/aromatic N) is 5. The molecule has 19 heavy (non-hydrogen) atoms. The van der Waals surface area contributed by atoms with Crippen molar-refractivity contribution >= 4 is 22.8 Å². The standard InChI is InChI=1S/C12H10ClN5O/c1-19-9-4-2-8(3-5-9)7-18-11-10(16-17-18)6-14-12(13)15-11/h2-6H,7H2,1H3. The second-order valence-electron chi connectivity index (χ2n) is 3.94. The van der Waals surface area contributed by atoms with Crippen molar-refractivity contribution in [2.75, 3.05) is 7.11 Å². The number of hydrogen-bond donors (Lipinski definition) is 0. The maximum atomic E-state index is 5.78. The Morgan fingerprint density at radius 1 is 1.26 bits per heavy atom. The van der Waals surface area contributed by atoms with E-state index in [1.165, 1.54) is 0 Å². The van der Waals surface area contributed by atoms with E-state index in [4.69, 9.17) is 16.3 Å². The predicted molar refractivity (Wildman–Crippen MR) is 70.2 cm³/mol. The molecule has 0 saturated carbocycles. The van der Waals surface area contributed by atoms with Crippen LogP contribution in [-0.2, 0) is 6.54 Å². The van der Waals surface area contributed by atoms with Gasteiger partial charge < -0.3 is 4.74 Å². The molecule has 0 fully saturated rings. The number of rotatable bonds is 3. The summed E-state index contributed by atoms with van der Waals surface area (Å²) in [5.74, 6) is 0.817. The van der Waals surface area contributed by atoms with Crippen LogP contribution >= 0.6 is 11.6 Å². The summed E-state index contributed by atoms with van der Waals surface area (Å²) in [6, 6.07) is 7.73. The number of halogens is 1. The predicted octanol–water partition coefficient (Wildman–Crippen LogP) is 1.93. The monoisotopic (exact) mass is 275 g/mol. The van der Waals surface area contributed by atoms with Crippen LogP contribution < -0.4 is 4.74 Å². The average molecular weight is 276 g/mol. The SMILES string of the molecule is COc1ccc(Cn2nnc3cnc(Cl)nc32)cc1. The number of benzene rings is 1. The van der Waals surface area contributed by atoms with Crippen molar-refractivity contribution in [3.8, 4) is 5.75 Å². The zero-order chi connectivity index (χ0) is 13.2. The first-order valence-electron chi connectivity index (χ1n) is 5.61. The summed E-state index contributed by atoms with van der Waals surface area (Å²) < 4.78 is 6.80. The van der Waals surface area contributed by atoms with Gasteiger partial charge in [0.05, 0.1) is 19.9 Å². The van der Waals surface area contributed by atoms with E-state index in [0.717, 1.165) is 11.3 Å². The Hall–Kier alpha value is -2.21. The van der Waals surface area contributed by atoms with E-state index in [-0.39, 0.29) is 5.28 Å². The number of ether oxygens (including phenoxy) is 1. The quantitative estimate of drug-likeness (QED) is 0.683. The Bertz CT molecular complexity index is 710. The van der Waals surface area contributed by atoms with E-state index in [0.29, 0.717) is 17.7 Å². The second-order valence-corrected chi connectivity index (χ2v) is 4.28. The van der Waals surface area contributed by atoms with Crippen LogP contribution in [0.4, 0.5) is 0 Å². The lowest BCUT2D eigenvalue weighted by molar-refractivity contribution is 0.414. The summed E-state index contributed by atoms with van der Waals surface area (Å²) in [5, 5.41) is 8.23. The number of methoxy groups -OCH3 is 1. The molecule has 0 spiro atoms. The molecule has 0 bridgehead atoms. The maximum absolute atomic E-state index is 5.78. The highest BCUT2D eigenvalue weighted by Crippen LogP contribution is 2.14. The topological polar surface area (TPSA) is 65.7 Å². The number of aromatic nitrogens is 5. The van der Waals surface area contributed by atoms with Crippen LogP contribution in [0.5, 0.6) is 5.75 Å². The van der Waals surface area contributed by atoms with Gasteiger partial charge in [-0.1, -0.05) is 17.3 Å². The Morgan fingerprint density at radius 2 is 2.05 bits per heavy atom.